The van der Waals surface area contributed by atoms with Gasteiger partial charge < -0.3 is 5.21 Å². The van der Waals surface area contributed by atoms with Gasteiger partial charge in [-0.15, -0.1) is 0 Å². The van der Waals surface area contributed by atoms with Gasteiger partial charge in [-0.3, -0.25) is 0 Å². The summed E-state index contributed by atoms with van der Waals surface area (Å²) in [5, 5.41) is 11.8. The zero-order valence-corrected chi connectivity index (χ0v) is 7.10. The summed E-state index contributed by atoms with van der Waals surface area (Å²) in [7, 11) is 0. The number of oxime groups is 1. The van der Waals surface area contributed by atoms with Crippen molar-refractivity contribution >= 4 is 5.71 Å². The Kier molecular flexibility index (Phi) is 1.32. The summed E-state index contributed by atoms with van der Waals surface area (Å²) >= 11 is 0. The smallest absolute Gasteiger partial charge is 0.0637 e. The van der Waals surface area contributed by atoms with E-state index >= 15 is 0 Å². The average Bonchev–Trinajstić information content (AvgIpc) is 1.83. The second kappa shape index (κ2) is 1.74. The monoisotopic (exact) mass is 141 g/mol. The molecular formula is C8H15NO. The molecule has 0 atom stereocenters. The van der Waals surface area contributed by atoms with E-state index in [1.807, 2.05) is 0 Å². The van der Waals surface area contributed by atoms with E-state index in [1.54, 1.807) is 0 Å². The lowest BCUT2D eigenvalue weighted by Gasteiger charge is -2.52. The van der Waals surface area contributed by atoms with Crippen molar-refractivity contribution in [3.8, 4) is 0 Å². The molecule has 0 unspecified atom stereocenters. The molecular weight excluding hydrogens is 126 g/mol. The predicted molar refractivity (Wildman–Crippen MR) is 41.4 cm³/mol. The molecule has 0 bridgehead atoms. The van der Waals surface area contributed by atoms with E-state index in [4.69, 9.17) is 5.21 Å². The molecule has 0 amide bonds. The summed E-state index contributed by atoms with van der Waals surface area (Å²) in [6, 6.07) is 0. The van der Waals surface area contributed by atoms with Crippen molar-refractivity contribution < 1.29 is 5.21 Å². The summed E-state index contributed by atoms with van der Waals surface area (Å²) in [5.74, 6) is 0. The highest BCUT2D eigenvalue weighted by Crippen LogP contribution is 2.53. The molecule has 1 fully saturated rings. The van der Waals surface area contributed by atoms with Crippen LogP contribution in [0.25, 0.3) is 0 Å². The van der Waals surface area contributed by atoms with Gasteiger partial charge in [0.15, 0.2) is 0 Å². The number of nitrogens with zero attached hydrogens (tertiary/aromatic N) is 1. The van der Waals surface area contributed by atoms with Crippen LogP contribution >= 0.6 is 0 Å². The molecule has 2 nitrogen and oxygen atoms in total. The lowest BCUT2D eigenvalue weighted by molar-refractivity contribution is 0.122. The fourth-order valence-electron chi connectivity index (χ4n) is 1.30. The molecule has 1 saturated carbocycles. The maximum atomic E-state index is 8.54. The molecule has 10 heavy (non-hydrogen) atoms. The van der Waals surface area contributed by atoms with E-state index in [0.29, 0.717) is 5.41 Å². The van der Waals surface area contributed by atoms with Crippen LogP contribution < -0.4 is 0 Å². The van der Waals surface area contributed by atoms with Gasteiger partial charge in [-0.05, 0) is 11.8 Å². The molecule has 0 aromatic rings. The van der Waals surface area contributed by atoms with Crippen molar-refractivity contribution in [3.63, 3.8) is 0 Å². The van der Waals surface area contributed by atoms with E-state index in [0.717, 1.165) is 12.1 Å². The van der Waals surface area contributed by atoms with Crippen molar-refractivity contribution in [1.29, 1.82) is 0 Å². The molecule has 0 spiro atoms. The summed E-state index contributed by atoms with van der Waals surface area (Å²) in [4.78, 5) is 0. The van der Waals surface area contributed by atoms with E-state index in [9.17, 15) is 0 Å². The number of rotatable bonds is 0. The summed E-state index contributed by atoms with van der Waals surface area (Å²) in [6.45, 7) is 8.63. The Morgan fingerprint density at radius 3 is 1.90 bits per heavy atom. The van der Waals surface area contributed by atoms with Crippen molar-refractivity contribution in [2.45, 2.75) is 34.1 Å². The number of hydrogen-bond acceptors (Lipinski definition) is 2. The first kappa shape index (κ1) is 7.58. The Hall–Kier alpha value is -0.530. The van der Waals surface area contributed by atoms with Gasteiger partial charge in [0.1, 0.15) is 0 Å². The molecule has 0 aliphatic heterocycles. The molecule has 0 aromatic heterocycles. The van der Waals surface area contributed by atoms with Crippen LogP contribution in [0.1, 0.15) is 34.1 Å². The minimum atomic E-state index is 0.0851. The van der Waals surface area contributed by atoms with E-state index in [1.165, 1.54) is 0 Å². The Bertz CT molecular complexity index is 180. The maximum absolute atomic E-state index is 8.54. The van der Waals surface area contributed by atoms with Gasteiger partial charge in [0.2, 0.25) is 0 Å². The Morgan fingerprint density at radius 1 is 1.30 bits per heavy atom. The largest absolute Gasteiger partial charge is 0.411 e. The molecule has 0 aromatic carbocycles. The normalized spacial score (nSPS) is 31.8. The summed E-state index contributed by atoms with van der Waals surface area (Å²) in [6.07, 6.45) is 0.927. The Morgan fingerprint density at radius 2 is 1.80 bits per heavy atom. The van der Waals surface area contributed by atoms with Crippen LogP contribution in [0.5, 0.6) is 0 Å². The first-order valence-corrected chi connectivity index (χ1v) is 3.63. The lowest BCUT2D eigenvalue weighted by Crippen LogP contribution is -2.52. The lowest BCUT2D eigenvalue weighted by atomic mass is 9.52. The predicted octanol–water partition coefficient (Wildman–Crippen LogP) is 2.27. The second-order valence-electron chi connectivity index (χ2n) is 4.23. The van der Waals surface area contributed by atoms with Gasteiger partial charge in [-0.2, -0.15) is 0 Å². The zero-order chi connectivity index (χ0) is 7.99. The average molecular weight is 141 g/mol. The van der Waals surface area contributed by atoms with Crippen LogP contribution in [0, 0.1) is 10.8 Å². The van der Waals surface area contributed by atoms with Gasteiger partial charge >= 0.3 is 0 Å². The van der Waals surface area contributed by atoms with Gasteiger partial charge in [0, 0.05) is 5.41 Å². The molecule has 1 N–H and O–H groups in total. The van der Waals surface area contributed by atoms with Gasteiger partial charge in [0.25, 0.3) is 0 Å². The van der Waals surface area contributed by atoms with E-state index < -0.39 is 0 Å². The fraction of sp³-hybridized carbons (Fsp3) is 0.875. The maximum Gasteiger partial charge on any atom is 0.0637 e. The van der Waals surface area contributed by atoms with Gasteiger partial charge in [0.05, 0.1) is 5.71 Å². The quantitative estimate of drug-likeness (QED) is 0.407. The zero-order valence-electron chi connectivity index (χ0n) is 7.10. The Balaban J connectivity index is 2.85. The minimum Gasteiger partial charge on any atom is -0.411 e. The van der Waals surface area contributed by atoms with Crippen LogP contribution in [0.4, 0.5) is 0 Å². The SMILES string of the molecule is CC1(C)C/C(=N\O)C1(C)C. The molecule has 0 radical (unpaired) electrons. The fourth-order valence-corrected chi connectivity index (χ4v) is 1.30. The molecule has 58 valence electrons. The third-order valence-corrected chi connectivity index (χ3v) is 3.14. The molecule has 0 saturated heterocycles. The molecule has 0 heterocycles. The van der Waals surface area contributed by atoms with E-state index in [-0.39, 0.29) is 5.41 Å². The molecule has 1 aliphatic carbocycles. The van der Waals surface area contributed by atoms with Crippen molar-refractivity contribution in [3.05, 3.63) is 0 Å². The first-order chi connectivity index (χ1) is 4.42. The highest BCUT2D eigenvalue weighted by atomic mass is 16.4. The highest BCUT2D eigenvalue weighted by Gasteiger charge is 2.51. The third-order valence-electron chi connectivity index (χ3n) is 3.14. The topological polar surface area (TPSA) is 32.6 Å². The van der Waals surface area contributed by atoms with Crippen LogP contribution in [0.3, 0.4) is 0 Å². The van der Waals surface area contributed by atoms with Crippen LogP contribution in [-0.4, -0.2) is 10.9 Å². The summed E-state index contributed by atoms with van der Waals surface area (Å²) in [5.41, 5.74) is 1.31. The summed E-state index contributed by atoms with van der Waals surface area (Å²) < 4.78 is 0. The second-order valence-corrected chi connectivity index (χ2v) is 4.23. The minimum absolute atomic E-state index is 0.0851. The third kappa shape index (κ3) is 0.678. The first-order valence-electron chi connectivity index (χ1n) is 3.63. The standard InChI is InChI=1S/C8H15NO/c1-7(2)5-6(9-10)8(7,3)4/h10H,5H2,1-4H3/b9-6+. The van der Waals surface area contributed by atoms with Crippen LogP contribution in [-0.2, 0) is 0 Å². The van der Waals surface area contributed by atoms with Crippen molar-refractivity contribution in [2.75, 3.05) is 0 Å². The van der Waals surface area contributed by atoms with Crippen molar-refractivity contribution in [1.82, 2.24) is 0 Å². The number of hydrogen-bond donors (Lipinski definition) is 1. The van der Waals surface area contributed by atoms with Crippen LogP contribution in [0.2, 0.25) is 0 Å². The highest BCUT2D eigenvalue weighted by molar-refractivity contribution is 5.96. The van der Waals surface area contributed by atoms with Gasteiger partial charge in [-0.25, -0.2) is 0 Å². The van der Waals surface area contributed by atoms with Crippen molar-refractivity contribution in [2.24, 2.45) is 16.0 Å². The molecule has 1 aliphatic rings. The van der Waals surface area contributed by atoms with E-state index in [2.05, 4.69) is 32.9 Å². The van der Waals surface area contributed by atoms with Gasteiger partial charge in [-0.1, -0.05) is 32.9 Å². The van der Waals surface area contributed by atoms with Crippen LogP contribution in [0.15, 0.2) is 5.16 Å². The molecule has 2 heteroatoms. The molecule has 1 rings (SSSR count). The Labute approximate surface area is 61.9 Å².